The molecule has 0 aliphatic carbocycles. The average Bonchev–Trinajstić information content (AvgIpc) is 2.60. The fourth-order valence-corrected chi connectivity index (χ4v) is 2.62. The van der Waals surface area contributed by atoms with Crippen LogP contribution in [-0.2, 0) is 4.79 Å². The van der Waals surface area contributed by atoms with Crippen molar-refractivity contribution in [3.63, 3.8) is 0 Å². The predicted octanol–water partition coefficient (Wildman–Crippen LogP) is 2.27. The molecule has 26 heavy (non-hydrogen) atoms. The largest absolute Gasteiger partial charge is 0.370 e. The van der Waals surface area contributed by atoms with Gasteiger partial charge in [-0.1, -0.05) is 30.3 Å². The van der Waals surface area contributed by atoms with E-state index in [1.165, 1.54) is 6.92 Å². The molecule has 2 amide bonds. The number of carbonyl (C=O) groups excluding carboxylic acids is 2. The molecule has 5 N–H and O–H groups in total. The number of hydrogen-bond donors (Lipinski definition) is 3. The third kappa shape index (κ3) is 3.67. The average molecular weight is 347 g/mol. The van der Waals surface area contributed by atoms with Crippen LogP contribution < -0.4 is 16.8 Å². The van der Waals surface area contributed by atoms with Crippen molar-refractivity contribution in [3.8, 4) is 11.3 Å². The molecule has 2 aromatic carbocycles. The van der Waals surface area contributed by atoms with Gasteiger partial charge in [0.2, 0.25) is 5.91 Å². The van der Waals surface area contributed by atoms with Gasteiger partial charge in [-0.05, 0) is 24.3 Å². The maximum atomic E-state index is 12.5. The van der Waals surface area contributed by atoms with Gasteiger partial charge in [0.05, 0.1) is 16.8 Å². The van der Waals surface area contributed by atoms with Gasteiger partial charge in [0, 0.05) is 23.6 Å². The van der Waals surface area contributed by atoms with Crippen molar-refractivity contribution in [2.45, 2.75) is 6.92 Å². The SMILES string of the molecule is CC(=O)Nc1ccc2nc(-c3ccccc3)cc(C(=O)N=C(N)N)c2c1. The van der Waals surface area contributed by atoms with Crippen molar-refractivity contribution >= 4 is 34.4 Å². The summed E-state index contributed by atoms with van der Waals surface area (Å²) in [4.78, 5) is 32.1. The van der Waals surface area contributed by atoms with E-state index in [0.29, 0.717) is 27.8 Å². The zero-order valence-corrected chi connectivity index (χ0v) is 14.1. The van der Waals surface area contributed by atoms with E-state index in [-0.39, 0.29) is 11.9 Å². The lowest BCUT2D eigenvalue weighted by Gasteiger charge is -2.10. The lowest BCUT2D eigenvalue weighted by atomic mass is 10.0. The van der Waals surface area contributed by atoms with Gasteiger partial charge in [-0.3, -0.25) is 9.59 Å². The Hall–Kier alpha value is -3.74. The number of guanidine groups is 1. The molecule has 0 aliphatic heterocycles. The summed E-state index contributed by atoms with van der Waals surface area (Å²) >= 11 is 0. The second-order valence-electron chi connectivity index (χ2n) is 5.68. The van der Waals surface area contributed by atoms with Crippen LogP contribution in [0, 0.1) is 0 Å². The summed E-state index contributed by atoms with van der Waals surface area (Å²) in [5.41, 5.74) is 13.6. The molecule has 0 unspecified atom stereocenters. The van der Waals surface area contributed by atoms with Crippen molar-refractivity contribution in [3.05, 3.63) is 60.2 Å². The van der Waals surface area contributed by atoms with E-state index in [2.05, 4.69) is 15.3 Å². The quantitative estimate of drug-likeness (QED) is 0.495. The Morgan fingerprint density at radius 1 is 1.04 bits per heavy atom. The molecule has 0 fully saturated rings. The molecule has 0 atom stereocenters. The number of nitrogens with two attached hydrogens (primary N) is 2. The molecule has 1 heterocycles. The summed E-state index contributed by atoms with van der Waals surface area (Å²) in [7, 11) is 0. The summed E-state index contributed by atoms with van der Waals surface area (Å²) in [5, 5.41) is 3.23. The first kappa shape index (κ1) is 17.1. The molecule has 0 radical (unpaired) electrons. The van der Waals surface area contributed by atoms with Crippen molar-refractivity contribution < 1.29 is 9.59 Å². The Balaban J connectivity index is 2.24. The van der Waals surface area contributed by atoms with Gasteiger partial charge >= 0.3 is 0 Å². The number of nitrogens with zero attached hydrogens (tertiary/aromatic N) is 2. The molecule has 0 spiro atoms. The van der Waals surface area contributed by atoms with Crippen molar-refractivity contribution in [1.82, 2.24) is 4.98 Å². The highest BCUT2D eigenvalue weighted by molar-refractivity contribution is 6.11. The van der Waals surface area contributed by atoms with Crippen LogP contribution in [0.3, 0.4) is 0 Å². The minimum atomic E-state index is -0.574. The number of hydrogen-bond acceptors (Lipinski definition) is 3. The fourth-order valence-electron chi connectivity index (χ4n) is 2.62. The topological polar surface area (TPSA) is 123 Å². The number of aliphatic imine (C=N–C) groups is 1. The first-order valence-corrected chi connectivity index (χ1v) is 7.86. The Bertz CT molecular complexity index is 1020. The molecule has 7 heteroatoms. The van der Waals surface area contributed by atoms with E-state index in [4.69, 9.17) is 11.5 Å². The van der Waals surface area contributed by atoms with Crippen LogP contribution in [0.25, 0.3) is 22.2 Å². The third-order valence-electron chi connectivity index (χ3n) is 3.66. The number of fused-ring (bicyclic) bond motifs is 1. The van der Waals surface area contributed by atoms with E-state index in [1.54, 1.807) is 24.3 Å². The number of benzene rings is 2. The zero-order chi connectivity index (χ0) is 18.7. The van der Waals surface area contributed by atoms with E-state index in [9.17, 15) is 9.59 Å². The smallest absolute Gasteiger partial charge is 0.280 e. The molecule has 3 rings (SSSR count). The molecule has 0 aliphatic rings. The van der Waals surface area contributed by atoms with E-state index < -0.39 is 5.91 Å². The van der Waals surface area contributed by atoms with Crippen LogP contribution in [0.4, 0.5) is 5.69 Å². The lowest BCUT2D eigenvalue weighted by Crippen LogP contribution is -2.24. The Morgan fingerprint density at radius 3 is 2.42 bits per heavy atom. The molecule has 0 bridgehead atoms. The van der Waals surface area contributed by atoms with Gasteiger partial charge in [0.1, 0.15) is 0 Å². The van der Waals surface area contributed by atoms with Gasteiger partial charge in [-0.2, -0.15) is 4.99 Å². The lowest BCUT2D eigenvalue weighted by molar-refractivity contribution is -0.114. The van der Waals surface area contributed by atoms with Crippen LogP contribution in [-0.4, -0.2) is 22.8 Å². The highest BCUT2D eigenvalue weighted by Gasteiger charge is 2.15. The number of carbonyl (C=O) groups is 2. The molecular weight excluding hydrogens is 330 g/mol. The fraction of sp³-hybridized carbons (Fsp3) is 0.0526. The monoisotopic (exact) mass is 347 g/mol. The summed E-state index contributed by atoms with van der Waals surface area (Å²) < 4.78 is 0. The summed E-state index contributed by atoms with van der Waals surface area (Å²) in [6, 6.07) is 16.2. The number of nitrogens with one attached hydrogen (secondary N) is 1. The number of pyridine rings is 1. The highest BCUT2D eigenvalue weighted by Crippen LogP contribution is 2.27. The van der Waals surface area contributed by atoms with E-state index in [1.807, 2.05) is 30.3 Å². The highest BCUT2D eigenvalue weighted by atomic mass is 16.2. The van der Waals surface area contributed by atoms with Gasteiger partial charge in [-0.25, -0.2) is 4.98 Å². The van der Waals surface area contributed by atoms with Gasteiger partial charge in [0.15, 0.2) is 5.96 Å². The maximum Gasteiger partial charge on any atom is 0.280 e. The van der Waals surface area contributed by atoms with Crippen LogP contribution in [0.2, 0.25) is 0 Å². The Morgan fingerprint density at radius 2 is 1.77 bits per heavy atom. The standard InChI is InChI=1S/C19H17N5O2/c1-11(25)22-13-7-8-16-14(9-13)15(18(26)24-19(20)21)10-17(23-16)12-5-3-2-4-6-12/h2-10H,1H3,(H,22,25)(H4,20,21,24,26). The number of anilines is 1. The number of rotatable bonds is 3. The molecular formula is C19H17N5O2. The first-order chi connectivity index (χ1) is 12.4. The first-order valence-electron chi connectivity index (χ1n) is 7.86. The second kappa shape index (κ2) is 7.02. The molecule has 0 saturated carbocycles. The van der Waals surface area contributed by atoms with Crippen LogP contribution >= 0.6 is 0 Å². The predicted molar refractivity (Wildman–Crippen MR) is 102 cm³/mol. The minimum Gasteiger partial charge on any atom is -0.370 e. The number of amides is 2. The van der Waals surface area contributed by atoms with E-state index in [0.717, 1.165) is 5.56 Å². The molecule has 0 saturated heterocycles. The van der Waals surface area contributed by atoms with Crippen LogP contribution in [0.1, 0.15) is 17.3 Å². The number of aromatic nitrogens is 1. The maximum absolute atomic E-state index is 12.5. The zero-order valence-electron chi connectivity index (χ0n) is 14.1. The van der Waals surface area contributed by atoms with Gasteiger partial charge in [-0.15, -0.1) is 0 Å². The molecule has 3 aromatic rings. The molecule has 1 aromatic heterocycles. The van der Waals surface area contributed by atoms with Crippen LogP contribution in [0.15, 0.2) is 59.6 Å². The van der Waals surface area contributed by atoms with Crippen molar-refractivity contribution in [2.24, 2.45) is 16.5 Å². The third-order valence-corrected chi connectivity index (χ3v) is 3.66. The molecule has 130 valence electrons. The van der Waals surface area contributed by atoms with Crippen molar-refractivity contribution in [2.75, 3.05) is 5.32 Å². The van der Waals surface area contributed by atoms with Crippen molar-refractivity contribution in [1.29, 1.82) is 0 Å². The minimum absolute atomic E-state index is 0.213. The Kier molecular flexibility index (Phi) is 4.62. The van der Waals surface area contributed by atoms with E-state index >= 15 is 0 Å². The normalized spacial score (nSPS) is 10.3. The van der Waals surface area contributed by atoms with Gasteiger partial charge < -0.3 is 16.8 Å². The summed E-state index contributed by atoms with van der Waals surface area (Å²) in [6.07, 6.45) is 0. The Labute approximate surface area is 149 Å². The van der Waals surface area contributed by atoms with Gasteiger partial charge in [0.25, 0.3) is 5.91 Å². The second-order valence-corrected chi connectivity index (χ2v) is 5.68. The summed E-state index contributed by atoms with van der Waals surface area (Å²) in [5.74, 6) is -1.11. The summed E-state index contributed by atoms with van der Waals surface area (Å²) in [6.45, 7) is 1.41. The van der Waals surface area contributed by atoms with Crippen LogP contribution in [0.5, 0.6) is 0 Å². The molecule has 7 nitrogen and oxygen atoms in total.